The molecule has 0 radical (unpaired) electrons. The molecule has 0 unspecified atom stereocenters. The van der Waals surface area contributed by atoms with Crippen molar-refractivity contribution in [3.05, 3.63) is 0 Å². The number of piperidine rings is 1. The monoisotopic (exact) mass is 226 g/mol. The van der Waals surface area contributed by atoms with Crippen molar-refractivity contribution in [1.82, 2.24) is 4.90 Å². The second kappa shape index (κ2) is 6.61. The molecule has 2 atom stereocenters. The molecule has 1 fully saturated rings. The Kier molecular flexibility index (Phi) is 5.77. The maximum atomic E-state index is 5.94. The number of nitrogens with two attached hydrogens (primary N) is 1. The highest BCUT2D eigenvalue weighted by Gasteiger charge is 2.30. The van der Waals surface area contributed by atoms with E-state index in [9.17, 15) is 0 Å². The molecule has 1 saturated heterocycles. The molecular weight excluding hydrogens is 196 g/mol. The minimum atomic E-state index is 0.731. The third-order valence-corrected chi connectivity index (χ3v) is 3.65. The summed E-state index contributed by atoms with van der Waals surface area (Å²) in [6.07, 6.45) is 3.99. The molecule has 1 aliphatic rings. The fourth-order valence-electron chi connectivity index (χ4n) is 3.01. The summed E-state index contributed by atoms with van der Waals surface area (Å²) in [6, 6.07) is 0.737. The predicted molar refractivity (Wildman–Crippen MR) is 71.4 cm³/mol. The fourth-order valence-corrected chi connectivity index (χ4v) is 3.01. The minimum absolute atomic E-state index is 0.731. The summed E-state index contributed by atoms with van der Waals surface area (Å²) in [5.74, 6) is 2.29. The molecule has 0 aromatic rings. The molecule has 0 amide bonds. The standard InChI is InChI=1S/C14H30N2/c1-11(2)8-14-13(9-15)6-5-7-16(14)10-12(3)4/h11-14H,5-10,15H2,1-4H3/t13-,14-/m1/s1. The van der Waals surface area contributed by atoms with Gasteiger partial charge in [-0.25, -0.2) is 0 Å². The molecule has 0 aromatic carbocycles. The van der Waals surface area contributed by atoms with Crippen LogP contribution in [0.1, 0.15) is 47.0 Å². The van der Waals surface area contributed by atoms with E-state index in [2.05, 4.69) is 32.6 Å². The van der Waals surface area contributed by atoms with E-state index in [0.717, 1.165) is 30.3 Å². The van der Waals surface area contributed by atoms with Crippen LogP contribution >= 0.6 is 0 Å². The van der Waals surface area contributed by atoms with Crippen LogP contribution in [0.3, 0.4) is 0 Å². The van der Waals surface area contributed by atoms with E-state index in [4.69, 9.17) is 5.73 Å². The highest BCUT2D eigenvalue weighted by Crippen LogP contribution is 2.28. The van der Waals surface area contributed by atoms with Crippen LogP contribution in [0.5, 0.6) is 0 Å². The van der Waals surface area contributed by atoms with Gasteiger partial charge in [-0.05, 0) is 50.1 Å². The van der Waals surface area contributed by atoms with Crippen LogP contribution in [0.25, 0.3) is 0 Å². The third-order valence-electron chi connectivity index (χ3n) is 3.65. The quantitative estimate of drug-likeness (QED) is 0.781. The van der Waals surface area contributed by atoms with Crippen molar-refractivity contribution in [2.45, 2.75) is 53.0 Å². The zero-order valence-corrected chi connectivity index (χ0v) is 11.6. The van der Waals surface area contributed by atoms with E-state index in [1.165, 1.54) is 32.4 Å². The molecule has 0 bridgehead atoms. The first-order valence-electron chi connectivity index (χ1n) is 6.98. The Morgan fingerprint density at radius 1 is 1.19 bits per heavy atom. The Hall–Kier alpha value is -0.0800. The highest BCUT2D eigenvalue weighted by atomic mass is 15.2. The SMILES string of the molecule is CC(C)C[C@@H]1[C@@H](CN)CCCN1CC(C)C. The maximum Gasteiger partial charge on any atom is 0.0138 e. The van der Waals surface area contributed by atoms with Crippen molar-refractivity contribution in [3.63, 3.8) is 0 Å². The molecule has 0 saturated carbocycles. The lowest BCUT2D eigenvalue weighted by molar-refractivity contribution is 0.0695. The Labute approximate surface area is 102 Å². The summed E-state index contributed by atoms with van der Waals surface area (Å²) in [5.41, 5.74) is 5.94. The van der Waals surface area contributed by atoms with Crippen molar-refractivity contribution in [2.24, 2.45) is 23.5 Å². The topological polar surface area (TPSA) is 29.3 Å². The van der Waals surface area contributed by atoms with E-state index in [1.54, 1.807) is 0 Å². The van der Waals surface area contributed by atoms with Gasteiger partial charge in [-0.1, -0.05) is 27.7 Å². The Balaban J connectivity index is 2.62. The Morgan fingerprint density at radius 3 is 2.38 bits per heavy atom. The predicted octanol–water partition coefficient (Wildman–Crippen LogP) is 2.73. The highest BCUT2D eigenvalue weighted by molar-refractivity contribution is 4.85. The van der Waals surface area contributed by atoms with Gasteiger partial charge in [0.15, 0.2) is 0 Å². The Bertz CT molecular complexity index is 189. The van der Waals surface area contributed by atoms with Crippen LogP contribution in [-0.4, -0.2) is 30.6 Å². The van der Waals surface area contributed by atoms with Crippen molar-refractivity contribution in [2.75, 3.05) is 19.6 Å². The van der Waals surface area contributed by atoms with Crippen LogP contribution in [0, 0.1) is 17.8 Å². The molecule has 0 spiro atoms. The lowest BCUT2D eigenvalue weighted by atomic mass is 9.84. The molecular formula is C14H30N2. The van der Waals surface area contributed by atoms with Gasteiger partial charge in [0.1, 0.15) is 0 Å². The van der Waals surface area contributed by atoms with Crippen LogP contribution in [0.2, 0.25) is 0 Å². The average molecular weight is 226 g/mol. The van der Waals surface area contributed by atoms with Crippen LogP contribution in [-0.2, 0) is 0 Å². The largest absolute Gasteiger partial charge is 0.330 e. The van der Waals surface area contributed by atoms with Gasteiger partial charge in [-0.3, -0.25) is 4.90 Å². The molecule has 16 heavy (non-hydrogen) atoms. The van der Waals surface area contributed by atoms with Gasteiger partial charge in [0.2, 0.25) is 0 Å². The molecule has 0 aliphatic carbocycles. The number of nitrogens with zero attached hydrogens (tertiary/aromatic N) is 1. The first-order valence-corrected chi connectivity index (χ1v) is 6.98. The van der Waals surface area contributed by atoms with E-state index in [0.29, 0.717) is 0 Å². The third kappa shape index (κ3) is 4.06. The zero-order chi connectivity index (χ0) is 12.1. The van der Waals surface area contributed by atoms with E-state index in [-0.39, 0.29) is 0 Å². The minimum Gasteiger partial charge on any atom is -0.330 e. The van der Waals surface area contributed by atoms with E-state index in [1.807, 2.05) is 0 Å². The van der Waals surface area contributed by atoms with Gasteiger partial charge in [0, 0.05) is 12.6 Å². The lowest BCUT2D eigenvalue weighted by Gasteiger charge is -2.42. The number of likely N-dealkylation sites (tertiary alicyclic amines) is 1. The van der Waals surface area contributed by atoms with Crippen molar-refractivity contribution in [3.8, 4) is 0 Å². The second-order valence-electron chi connectivity index (χ2n) is 6.22. The second-order valence-corrected chi connectivity index (χ2v) is 6.22. The molecule has 96 valence electrons. The summed E-state index contributed by atoms with van der Waals surface area (Å²) >= 11 is 0. The Morgan fingerprint density at radius 2 is 1.88 bits per heavy atom. The zero-order valence-electron chi connectivity index (χ0n) is 11.6. The summed E-state index contributed by atoms with van der Waals surface area (Å²) in [6.45, 7) is 12.7. The average Bonchev–Trinajstić information content (AvgIpc) is 2.19. The molecule has 1 rings (SSSR count). The number of hydrogen-bond donors (Lipinski definition) is 1. The lowest BCUT2D eigenvalue weighted by Crippen LogP contribution is -2.49. The fraction of sp³-hybridized carbons (Fsp3) is 1.00. The molecule has 2 N–H and O–H groups in total. The normalized spacial score (nSPS) is 27.9. The maximum absolute atomic E-state index is 5.94. The van der Waals surface area contributed by atoms with Crippen LogP contribution in [0.15, 0.2) is 0 Å². The van der Waals surface area contributed by atoms with E-state index < -0.39 is 0 Å². The van der Waals surface area contributed by atoms with Gasteiger partial charge in [0.25, 0.3) is 0 Å². The molecule has 2 heteroatoms. The molecule has 2 nitrogen and oxygen atoms in total. The van der Waals surface area contributed by atoms with Gasteiger partial charge in [0.05, 0.1) is 0 Å². The van der Waals surface area contributed by atoms with Gasteiger partial charge in [-0.15, -0.1) is 0 Å². The summed E-state index contributed by atoms with van der Waals surface area (Å²) in [7, 11) is 0. The van der Waals surface area contributed by atoms with Gasteiger partial charge >= 0.3 is 0 Å². The first kappa shape index (κ1) is 14.0. The summed E-state index contributed by atoms with van der Waals surface area (Å²) < 4.78 is 0. The van der Waals surface area contributed by atoms with Crippen molar-refractivity contribution < 1.29 is 0 Å². The molecule has 1 heterocycles. The smallest absolute Gasteiger partial charge is 0.0138 e. The number of rotatable bonds is 5. The van der Waals surface area contributed by atoms with Gasteiger partial charge in [-0.2, -0.15) is 0 Å². The molecule has 1 aliphatic heterocycles. The summed E-state index contributed by atoms with van der Waals surface area (Å²) in [4.78, 5) is 2.70. The van der Waals surface area contributed by atoms with Gasteiger partial charge < -0.3 is 5.73 Å². The summed E-state index contributed by atoms with van der Waals surface area (Å²) in [5, 5.41) is 0. The first-order chi connectivity index (χ1) is 7.54. The van der Waals surface area contributed by atoms with Crippen molar-refractivity contribution in [1.29, 1.82) is 0 Å². The van der Waals surface area contributed by atoms with E-state index >= 15 is 0 Å². The number of hydrogen-bond acceptors (Lipinski definition) is 2. The van der Waals surface area contributed by atoms with Crippen LogP contribution in [0.4, 0.5) is 0 Å². The molecule has 0 aromatic heterocycles. The van der Waals surface area contributed by atoms with Crippen molar-refractivity contribution >= 4 is 0 Å². The van der Waals surface area contributed by atoms with Crippen LogP contribution < -0.4 is 5.73 Å².